The number of carboxylic acid groups (broad SMARTS) is 1. The third-order valence-electron chi connectivity index (χ3n) is 23.5. The van der Waals surface area contributed by atoms with Crippen LogP contribution in [0.3, 0.4) is 0 Å². The van der Waals surface area contributed by atoms with Crippen LogP contribution in [0, 0.1) is 50.2 Å². The van der Waals surface area contributed by atoms with E-state index in [-0.39, 0.29) is 35.8 Å². The monoisotopic (exact) mass is 1310 g/mol. The molecule has 0 radical (unpaired) electrons. The fourth-order valence-electron chi connectivity index (χ4n) is 17.8. The van der Waals surface area contributed by atoms with E-state index < -0.39 is 223 Å². The molecular formula is C65H100O27. The van der Waals surface area contributed by atoms with Gasteiger partial charge in [-0.15, -0.1) is 0 Å². The number of carbonyl (C=O) groups is 4. The van der Waals surface area contributed by atoms with Crippen LogP contribution < -0.4 is 0 Å². The first kappa shape index (κ1) is 72.6. The second-order valence-corrected chi connectivity index (χ2v) is 29.4. The topological polar surface area (TPSA) is 413 Å². The second kappa shape index (κ2) is 27.0. The van der Waals surface area contributed by atoms with E-state index in [4.69, 9.17) is 52.1 Å². The molecule has 30 atom stereocenters. The minimum Gasteiger partial charge on any atom is -0.479 e. The minimum absolute atomic E-state index is 0.0441. The van der Waals surface area contributed by atoms with Gasteiger partial charge < -0.3 is 113 Å². The van der Waals surface area contributed by atoms with Crippen molar-refractivity contribution in [1.29, 1.82) is 0 Å². The molecule has 8 fully saturated rings. The van der Waals surface area contributed by atoms with Gasteiger partial charge in [-0.3, -0.25) is 4.79 Å². The fourth-order valence-corrected chi connectivity index (χ4v) is 17.8. The zero-order valence-corrected chi connectivity index (χ0v) is 54.8. The van der Waals surface area contributed by atoms with Gasteiger partial charge in [-0.05, 0) is 124 Å². The molecule has 9 rings (SSSR count). The first-order valence-electron chi connectivity index (χ1n) is 32.3. The van der Waals surface area contributed by atoms with Crippen LogP contribution >= 0.6 is 0 Å². The summed E-state index contributed by atoms with van der Waals surface area (Å²) in [7, 11) is 0. The molecule has 27 nitrogen and oxygen atoms in total. The standard InChI is InChI=1S/C65H100O27/c1-14-27(3)54(80)87-46-29(5)84-58(45(76)48(46)88-55(81)28(4)15-2)92-52-51(77)65(26-83-30(6)67)32(22-60(52,7)8)31-16-17-36-62(11)20-19-38(61(9,10)35(62)18-21-63(36,12)64(31,13)23-37(65)69)86-59-50(91-57-43(74)41(72)40(71)34(24-66)85-57)47(44(75)49(90-59)53(78)79)89-56-42(73)39(70)33(68)25-82-56/h14-16,29,32-52,56-59,66,68-77H,17-26H2,1-13H3,(H,78,79)/b27-14-,28-15-/t29-,32?,33-,34-,35?,36?,37-,38+,39+,40+,41+,42-,43-,44+,45-,46+,47+,48-,49+,50-,51-,52+,56+,57+,58+,59+,62+,63-,64-,65+/m1/s1. The van der Waals surface area contributed by atoms with Crippen LogP contribution in [0.15, 0.2) is 34.9 Å². The molecule has 4 heterocycles. The van der Waals surface area contributed by atoms with Crippen molar-refractivity contribution in [2.24, 2.45) is 50.2 Å². The van der Waals surface area contributed by atoms with Gasteiger partial charge in [0.05, 0.1) is 49.1 Å². The first-order valence-corrected chi connectivity index (χ1v) is 32.3. The number of aliphatic hydroxyl groups excluding tert-OH is 11. The Bertz CT molecular complexity index is 2790. The van der Waals surface area contributed by atoms with Gasteiger partial charge in [0.25, 0.3) is 0 Å². The highest BCUT2D eigenvalue weighted by Gasteiger charge is 2.74. The van der Waals surface area contributed by atoms with Gasteiger partial charge in [-0.2, -0.15) is 0 Å². The van der Waals surface area contributed by atoms with Crippen molar-refractivity contribution in [3.8, 4) is 0 Å². The summed E-state index contributed by atoms with van der Waals surface area (Å²) in [6, 6.07) is 0. The summed E-state index contributed by atoms with van der Waals surface area (Å²) in [5.74, 6) is -4.57. The zero-order chi connectivity index (χ0) is 68.0. The van der Waals surface area contributed by atoms with Gasteiger partial charge >= 0.3 is 23.9 Å². The number of esters is 3. The molecule has 0 aromatic carbocycles. The molecule has 3 unspecified atom stereocenters. The van der Waals surface area contributed by atoms with Crippen molar-refractivity contribution in [2.75, 3.05) is 19.8 Å². The minimum atomic E-state index is -2.13. The lowest BCUT2D eigenvalue weighted by Crippen LogP contribution is -2.72. The first-order chi connectivity index (χ1) is 42.9. The van der Waals surface area contributed by atoms with E-state index in [2.05, 4.69) is 26.8 Å². The van der Waals surface area contributed by atoms with Crippen molar-refractivity contribution in [1.82, 2.24) is 0 Å². The Morgan fingerprint density at radius 3 is 1.86 bits per heavy atom. The average Bonchev–Trinajstić information content (AvgIpc) is 0.670. The maximum absolute atomic E-state index is 13.4. The number of allylic oxidation sites excluding steroid dienone is 4. The van der Waals surface area contributed by atoms with Crippen molar-refractivity contribution >= 4 is 23.9 Å². The molecular weight excluding hydrogens is 1210 g/mol. The molecule has 0 aromatic rings. The van der Waals surface area contributed by atoms with Gasteiger partial charge in [0, 0.05) is 18.1 Å². The van der Waals surface area contributed by atoms with Gasteiger partial charge in [-0.1, -0.05) is 72.3 Å². The molecule has 4 saturated heterocycles. The number of ether oxygens (including phenoxy) is 11. The lowest BCUT2D eigenvalue weighted by Gasteiger charge is -2.72. The summed E-state index contributed by atoms with van der Waals surface area (Å²) >= 11 is 0. The molecule has 4 saturated carbocycles. The third kappa shape index (κ3) is 12.4. The molecule has 4 aliphatic heterocycles. The summed E-state index contributed by atoms with van der Waals surface area (Å²) in [4.78, 5) is 52.4. The number of hydrogen-bond acceptors (Lipinski definition) is 26. The molecule has 27 heteroatoms. The van der Waals surface area contributed by atoms with Crippen LogP contribution in [0.25, 0.3) is 0 Å². The second-order valence-electron chi connectivity index (χ2n) is 29.4. The molecule has 0 aromatic heterocycles. The van der Waals surface area contributed by atoms with Crippen molar-refractivity contribution in [2.45, 2.75) is 276 Å². The lowest BCUT2D eigenvalue weighted by atomic mass is 9.33. The van der Waals surface area contributed by atoms with Crippen LogP contribution in [-0.4, -0.2) is 246 Å². The highest BCUT2D eigenvalue weighted by Crippen LogP contribution is 2.76. The number of rotatable bonds is 16. The Morgan fingerprint density at radius 2 is 1.25 bits per heavy atom. The normalized spacial score (nSPS) is 48.5. The largest absolute Gasteiger partial charge is 0.479 e. The van der Waals surface area contributed by atoms with Crippen molar-refractivity contribution in [3.05, 3.63) is 34.9 Å². The summed E-state index contributed by atoms with van der Waals surface area (Å²) in [5.41, 5.74) is -3.54. The van der Waals surface area contributed by atoms with Crippen LogP contribution in [-0.2, 0) is 71.3 Å². The molecule has 92 heavy (non-hydrogen) atoms. The summed E-state index contributed by atoms with van der Waals surface area (Å²) < 4.78 is 67.1. The fraction of sp³-hybridized carbons (Fsp3) is 0.846. The van der Waals surface area contributed by atoms with Gasteiger partial charge in [0.1, 0.15) is 73.8 Å². The van der Waals surface area contributed by atoms with E-state index in [9.17, 15) is 80.5 Å². The van der Waals surface area contributed by atoms with Crippen LogP contribution in [0.5, 0.6) is 0 Å². The van der Waals surface area contributed by atoms with Gasteiger partial charge in [0.15, 0.2) is 43.5 Å². The molecule has 0 bridgehead atoms. The summed E-state index contributed by atoms with van der Waals surface area (Å²) in [5, 5.41) is 135. The van der Waals surface area contributed by atoms with Crippen LogP contribution in [0.1, 0.15) is 135 Å². The molecule has 0 amide bonds. The maximum Gasteiger partial charge on any atom is 0.335 e. The Hall–Kier alpha value is -3.66. The molecule has 12 N–H and O–H groups in total. The highest BCUT2D eigenvalue weighted by molar-refractivity contribution is 5.88. The van der Waals surface area contributed by atoms with Crippen LogP contribution in [0.2, 0.25) is 0 Å². The number of carbonyl (C=O) groups excluding carboxylic acids is 3. The Balaban J connectivity index is 1.01. The Kier molecular flexibility index (Phi) is 21.3. The van der Waals surface area contributed by atoms with E-state index in [1.165, 1.54) is 19.9 Å². The third-order valence-corrected chi connectivity index (χ3v) is 23.5. The molecule has 522 valence electrons. The summed E-state index contributed by atoms with van der Waals surface area (Å²) in [6.07, 6.45) is -29.5. The lowest BCUT2D eigenvalue weighted by molar-refractivity contribution is -0.392. The number of fused-ring (bicyclic) bond motifs is 7. The zero-order valence-electron chi connectivity index (χ0n) is 54.8. The quantitative estimate of drug-likeness (QED) is 0.0333. The highest BCUT2D eigenvalue weighted by atomic mass is 16.8. The van der Waals surface area contributed by atoms with E-state index in [0.29, 0.717) is 32.1 Å². The van der Waals surface area contributed by atoms with Crippen LogP contribution in [0.4, 0.5) is 0 Å². The SMILES string of the molecule is C/C=C(/C)C(=O)O[C@@H]1[C@@H](O)[C@H](O[C@H]2[C@@H](O)[C@@]3(COC(C)=O)C(CC2(C)C)C2=CCC4[C@@]5(C)CC[C@H](O[C@H]6O[C@H](C(=O)O)[C@@H](O)[C@H](O[C@@H]7OC[C@@H](O)[C@H](O)[C@H]7O)[C@H]6O[C@@H]6O[C@H](CO)[C@H](O)[C@H](O)[C@H]6O)C(C)(C)C5CC[C@@]4(C)[C@]2(C)C[C@H]3O)O[C@H](C)[C@@H]1OC(=O)/C(C)=C\C. The number of aliphatic hydroxyl groups is 11. The number of carboxylic acids is 1. The van der Waals surface area contributed by atoms with Gasteiger partial charge in [0.2, 0.25) is 0 Å². The van der Waals surface area contributed by atoms with Crippen molar-refractivity contribution in [3.63, 3.8) is 0 Å². The van der Waals surface area contributed by atoms with E-state index in [1.54, 1.807) is 33.8 Å². The average molecular weight is 1310 g/mol. The van der Waals surface area contributed by atoms with E-state index >= 15 is 0 Å². The van der Waals surface area contributed by atoms with Gasteiger partial charge in [-0.25, -0.2) is 14.4 Å². The van der Waals surface area contributed by atoms with E-state index in [0.717, 1.165) is 5.57 Å². The predicted molar refractivity (Wildman–Crippen MR) is 316 cm³/mol. The van der Waals surface area contributed by atoms with E-state index in [1.807, 2.05) is 27.7 Å². The Morgan fingerprint density at radius 1 is 0.641 bits per heavy atom. The maximum atomic E-state index is 13.4. The number of hydrogen-bond donors (Lipinski definition) is 12. The molecule has 5 aliphatic carbocycles. The molecule has 9 aliphatic rings. The number of aliphatic carboxylic acids is 1. The van der Waals surface area contributed by atoms with Crippen molar-refractivity contribution < 1.29 is 133 Å². The molecule has 0 spiro atoms. The summed E-state index contributed by atoms with van der Waals surface area (Å²) in [6.45, 7) is 22.0. The predicted octanol–water partition coefficient (Wildman–Crippen LogP) is 0.715. The Labute approximate surface area is 535 Å². The smallest absolute Gasteiger partial charge is 0.335 e.